The average molecular weight is 851 g/mol. The number of nitrogens with one attached hydrogen (secondary N) is 2. The Balaban J connectivity index is 0.000000238. The van der Waals surface area contributed by atoms with Gasteiger partial charge in [-0.25, -0.2) is 0 Å². The van der Waals surface area contributed by atoms with Crippen LogP contribution in [0.15, 0.2) is 35.8 Å². The minimum atomic E-state index is -0.788. The summed E-state index contributed by atoms with van der Waals surface area (Å²) in [6.45, 7) is 18.3. The van der Waals surface area contributed by atoms with Gasteiger partial charge >= 0.3 is 5.97 Å². The van der Waals surface area contributed by atoms with Crippen LogP contribution in [-0.4, -0.2) is 73.6 Å². The van der Waals surface area contributed by atoms with Gasteiger partial charge in [0.1, 0.15) is 34.1 Å². The Morgan fingerprint density at radius 2 is 1.21 bits per heavy atom. The topological polar surface area (TPSA) is 142 Å². The van der Waals surface area contributed by atoms with E-state index in [4.69, 9.17) is 23.7 Å². The summed E-state index contributed by atoms with van der Waals surface area (Å²) in [5, 5.41) is 17.5. The molecule has 2 amide bonds. The maximum atomic E-state index is 13.6. The van der Waals surface area contributed by atoms with Crippen LogP contribution in [0.3, 0.4) is 0 Å². The van der Waals surface area contributed by atoms with Crippen molar-refractivity contribution in [1.82, 2.24) is 10.6 Å². The fourth-order valence-electron chi connectivity index (χ4n) is 9.07. The van der Waals surface area contributed by atoms with Gasteiger partial charge in [-0.15, -0.1) is 11.8 Å². The number of amides is 2. The van der Waals surface area contributed by atoms with Gasteiger partial charge < -0.3 is 39.4 Å². The zero-order valence-electron chi connectivity index (χ0n) is 38.7. The molecule has 0 aromatic heterocycles. The minimum absolute atomic E-state index is 0.0121. The van der Waals surface area contributed by atoms with E-state index < -0.39 is 16.5 Å². The van der Waals surface area contributed by atoms with Crippen LogP contribution < -0.4 is 20.1 Å². The van der Waals surface area contributed by atoms with Crippen molar-refractivity contribution in [3.63, 3.8) is 0 Å². The van der Waals surface area contributed by atoms with Gasteiger partial charge in [0, 0.05) is 48.3 Å². The van der Waals surface area contributed by atoms with Gasteiger partial charge in [-0.05, 0) is 135 Å². The Morgan fingerprint density at radius 1 is 0.758 bits per heavy atom. The first-order valence-corrected chi connectivity index (χ1v) is 22.0. The van der Waals surface area contributed by atoms with Crippen LogP contribution in [0.5, 0.6) is 11.5 Å². The fourth-order valence-corrected chi connectivity index (χ4v) is 9.07. The number of rotatable bonds is 11. The van der Waals surface area contributed by atoms with Gasteiger partial charge in [0.2, 0.25) is 0 Å². The van der Waals surface area contributed by atoms with Crippen LogP contribution >= 0.6 is 0 Å². The Bertz CT molecular complexity index is 2230. The van der Waals surface area contributed by atoms with E-state index in [1.807, 2.05) is 58.9 Å². The number of hydrogen-bond donors (Lipinski definition) is 3. The first-order valence-electron chi connectivity index (χ1n) is 22.0. The van der Waals surface area contributed by atoms with E-state index in [1.54, 1.807) is 28.1 Å². The molecule has 0 saturated heterocycles. The highest BCUT2D eigenvalue weighted by Gasteiger charge is 2.52. The van der Waals surface area contributed by atoms with Gasteiger partial charge in [0.15, 0.2) is 0 Å². The predicted octanol–water partition coefficient (Wildman–Crippen LogP) is 8.80. The summed E-state index contributed by atoms with van der Waals surface area (Å²) in [6.07, 6.45) is 8.08. The number of carbonyl (C=O) groups excluding carboxylic acids is 3. The van der Waals surface area contributed by atoms with Gasteiger partial charge in [-0.3, -0.25) is 14.4 Å². The molecule has 2 heterocycles. The molecule has 3 N–H and O–H groups in total. The number of aliphatic hydroxyl groups excluding tert-OH is 1. The Morgan fingerprint density at radius 3 is 1.68 bits per heavy atom. The third kappa shape index (κ3) is 10.2. The Labute approximate surface area is 368 Å². The van der Waals surface area contributed by atoms with E-state index >= 15 is 0 Å². The summed E-state index contributed by atoms with van der Waals surface area (Å²) in [5.41, 5.74) is 2.97. The number of methoxy groups -OCH3 is 2. The maximum absolute atomic E-state index is 13.6. The predicted molar refractivity (Wildman–Crippen MR) is 241 cm³/mol. The largest absolute Gasteiger partial charge is 0.509 e. The lowest BCUT2D eigenvalue weighted by Gasteiger charge is -2.39. The molecular formula is C51H66N2O9. The zero-order chi connectivity index (χ0) is 45.4. The number of carbonyl (C=O) groups is 3. The van der Waals surface area contributed by atoms with Crippen LogP contribution in [0.25, 0.3) is 11.1 Å². The smallest absolute Gasteiger partial charge is 0.316 e. The van der Waals surface area contributed by atoms with Gasteiger partial charge in [0.05, 0.1) is 43.0 Å². The van der Waals surface area contributed by atoms with E-state index in [2.05, 4.69) is 48.2 Å². The molecule has 4 atom stereocenters. The second-order valence-electron chi connectivity index (χ2n) is 17.8. The monoisotopic (exact) mass is 850 g/mol. The van der Waals surface area contributed by atoms with Crippen molar-refractivity contribution in [2.45, 2.75) is 150 Å². The van der Waals surface area contributed by atoms with Crippen LogP contribution in [0.4, 0.5) is 0 Å². The molecule has 2 aliphatic heterocycles. The fraction of sp³-hybridized carbons (Fsp3) is 0.549. The molecule has 0 bridgehead atoms. The molecule has 62 heavy (non-hydrogen) atoms. The molecule has 2 aromatic rings. The van der Waals surface area contributed by atoms with Crippen LogP contribution in [-0.2, 0) is 28.6 Å². The highest BCUT2D eigenvalue weighted by molar-refractivity contribution is 6.25. The maximum Gasteiger partial charge on any atom is 0.316 e. The van der Waals surface area contributed by atoms with E-state index in [1.165, 1.54) is 0 Å². The molecule has 2 saturated carbocycles. The molecule has 11 heteroatoms. The molecule has 0 radical (unpaired) electrons. The highest BCUT2D eigenvalue weighted by Crippen LogP contribution is 2.48. The van der Waals surface area contributed by atoms with E-state index in [0.717, 1.165) is 60.8 Å². The number of aliphatic hydroxyl groups is 1. The summed E-state index contributed by atoms with van der Waals surface area (Å²) in [6, 6.07) is 7.48. The lowest BCUT2D eigenvalue weighted by atomic mass is 9.78. The third-order valence-corrected chi connectivity index (χ3v) is 11.9. The second kappa shape index (κ2) is 20.3. The number of aryl methyl sites for hydroxylation is 2. The van der Waals surface area contributed by atoms with Crippen LogP contribution in [0, 0.1) is 42.9 Å². The molecule has 2 spiro atoms. The molecule has 4 unspecified atom stereocenters. The summed E-state index contributed by atoms with van der Waals surface area (Å²) in [5.74, 6) is 12.5. The van der Waals surface area contributed by atoms with Gasteiger partial charge in [0.25, 0.3) is 11.8 Å². The highest BCUT2D eigenvalue weighted by atomic mass is 16.5. The number of benzene rings is 2. The number of ether oxygens (including phenoxy) is 5. The summed E-state index contributed by atoms with van der Waals surface area (Å²) >= 11 is 0. The van der Waals surface area contributed by atoms with Crippen molar-refractivity contribution in [2.24, 2.45) is 5.41 Å². The zero-order valence-corrected chi connectivity index (χ0v) is 38.7. The molecule has 4 aliphatic rings. The van der Waals surface area contributed by atoms with Crippen molar-refractivity contribution in [3.8, 4) is 35.2 Å². The quantitative estimate of drug-likeness (QED) is 0.149. The van der Waals surface area contributed by atoms with Crippen molar-refractivity contribution in [2.75, 3.05) is 27.4 Å². The molecule has 2 aliphatic carbocycles. The molecule has 2 fully saturated rings. The standard InChI is InChI=1S/C28H37NO5.C23H29NO4/c1-8-11-19-15-18(3)22(21(16-19)32-7)23-24(34-26(31)27(4,5)6)28(29-25(23)30)13-10-12-20(17-28)33-14-9-2;1-5-8-16-12-15(3)19(18(13-16)27-4)20-21(25)23(24-22(20)26)10-7-9-17(14-23)28-11-6-2/h15-16,20H,9-10,12-14,17H2,1-7H3,(H,29,30);12-13,17,25H,6-7,9-11,14H2,1-4H3,(H,24,26). The Hall–Kier alpha value is -5.23. The molecule has 11 nitrogen and oxygen atoms in total. The number of esters is 1. The normalized spacial score (nSPS) is 23.1. The van der Waals surface area contributed by atoms with Crippen LogP contribution in [0.2, 0.25) is 0 Å². The van der Waals surface area contributed by atoms with Crippen molar-refractivity contribution >= 4 is 28.9 Å². The number of hydrogen-bond acceptors (Lipinski definition) is 9. The molecule has 2 aromatic carbocycles. The van der Waals surface area contributed by atoms with Gasteiger partial charge in [-0.2, -0.15) is 0 Å². The molecular weight excluding hydrogens is 785 g/mol. The van der Waals surface area contributed by atoms with Crippen LogP contribution in [0.1, 0.15) is 146 Å². The first-order chi connectivity index (χ1) is 29.5. The summed E-state index contributed by atoms with van der Waals surface area (Å²) in [4.78, 5) is 39.6. The summed E-state index contributed by atoms with van der Waals surface area (Å²) < 4.78 is 29.4. The van der Waals surface area contributed by atoms with Crippen molar-refractivity contribution in [1.29, 1.82) is 0 Å². The van der Waals surface area contributed by atoms with E-state index in [-0.39, 0.29) is 35.8 Å². The molecule has 6 rings (SSSR count). The van der Waals surface area contributed by atoms with Crippen molar-refractivity contribution in [3.05, 3.63) is 69.2 Å². The lowest BCUT2D eigenvalue weighted by Crippen LogP contribution is -2.51. The lowest BCUT2D eigenvalue weighted by molar-refractivity contribution is -0.150. The van der Waals surface area contributed by atoms with Crippen molar-refractivity contribution < 1.29 is 43.2 Å². The second-order valence-corrected chi connectivity index (χ2v) is 17.8. The Kier molecular flexibility index (Phi) is 15.7. The first kappa shape index (κ1) is 47.8. The SMILES string of the molecule is CC#Cc1cc(C)c(C2=C(O)C3(CCCC(OCCC)C3)NC2=O)c(OC)c1.CC#Cc1cc(C)c(C2=C(OC(=O)C(C)(C)C)C3(CCCC(OCCC)C3)NC2=O)c(OC)c1. The van der Waals surface area contributed by atoms with E-state index in [9.17, 15) is 19.5 Å². The average Bonchev–Trinajstić information content (AvgIpc) is 3.61. The molecule has 334 valence electrons. The third-order valence-electron chi connectivity index (χ3n) is 11.9. The summed E-state index contributed by atoms with van der Waals surface area (Å²) in [7, 11) is 3.14. The van der Waals surface area contributed by atoms with E-state index in [0.29, 0.717) is 78.4 Å². The van der Waals surface area contributed by atoms with Gasteiger partial charge in [-0.1, -0.05) is 25.7 Å². The minimum Gasteiger partial charge on any atom is -0.509 e.